The minimum atomic E-state index is 0.110. The van der Waals surface area contributed by atoms with Crippen LogP contribution in [0.4, 0.5) is 6.01 Å². The molecule has 1 aromatic heterocycles. The van der Waals surface area contributed by atoms with Gasteiger partial charge in [-0.15, -0.1) is 5.10 Å². The topological polar surface area (TPSA) is 63.0 Å². The van der Waals surface area contributed by atoms with E-state index >= 15 is 0 Å². The first-order valence-electron chi connectivity index (χ1n) is 7.04. The van der Waals surface area contributed by atoms with Gasteiger partial charge in [-0.1, -0.05) is 32.3 Å². The van der Waals surface area contributed by atoms with Crippen LogP contribution in [0.2, 0.25) is 0 Å². The normalized spacial score (nSPS) is 14.4. The van der Waals surface area contributed by atoms with Crippen molar-refractivity contribution in [1.29, 1.82) is 0 Å². The lowest BCUT2D eigenvalue weighted by molar-refractivity contribution is 0.419. The highest BCUT2D eigenvalue weighted by atomic mass is 16.4. The molecule has 1 rings (SSSR count). The fourth-order valence-electron chi connectivity index (χ4n) is 1.82. The molecule has 0 aliphatic carbocycles. The van der Waals surface area contributed by atoms with Crippen molar-refractivity contribution in [3.05, 3.63) is 5.89 Å². The Morgan fingerprint density at radius 3 is 2.56 bits per heavy atom. The van der Waals surface area contributed by atoms with Crippen LogP contribution in [-0.2, 0) is 0 Å². The molecule has 2 N–H and O–H groups in total. The Hall–Kier alpha value is -1.10. The Bertz CT molecular complexity index is 327. The summed E-state index contributed by atoms with van der Waals surface area (Å²) in [7, 11) is 0. The van der Waals surface area contributed by atoms with Crippen molar-refractivity contribution in [2.45, 2.75) is 65.5 Å². The highest BCUT2D eigenvalue weighted by molar-refractivity contribution is 5.19. The lowest BCUT2D eigenvalue weighted by atomic mass is 10.1. The molecule has 2 atom stereocenters. The van der Waals surface area contributed by atoms with Crippen LogP contribution in [0.1, 0.15) is 65.3 Å². The molecule has 2 unspecified atom stereocenters. The van der Waals surface area contributed by atoms with Gasteiger partial charge in [0.05, 0.1) is 6.04 Å². The molecule has 0 bridgehead atoms. The SMILES string of the molecule is CCCNC(C)c1nnc(NC(CC)CCC)o1. The third kappa shape index (κ3) is 4.64. The van der Waals surface area contributed by atoms with Crippen LogP contribution < -0.4 is 10.6 Å². The van der Waals surface area contributed by atoms with Crippen molar-refractivity contribution >= 4 is 6.01 Å². The Kier molecular flexibility index (Phi) is 6.72. The number of anilines is 1. The molecule has 0 aliphatic heterocycles. The first-order chi connectivity index (χ1) is 8.71. The van der Waals surface area contributed by atoms with Gasteiger partial charge < -0.3 is 15.1 Å². The molecule has 5 nitrogen and oxygen atoms in total. The van der Waals surface area contributed by atoms with Gasteiger partial charge in [-0.25, -0.2) is 0 Å². The first kappa shape index (κ1) is 15.0. The largest absolute Gasteiger partial charge is 0.406 e. The monoisotopic (exact) mass is 254 g/mol. The summed E-state index contributed by atoms with van der Waals surface area (Å²) in [4.78, 5) is 0. The average Bonchev–Trinajstić information content (AvgIpc) is 2.84. The molecule has 0 aromatic carbocycles. The summed E-state index contributed by atoms with van der Waals surface area (Å²) < 4.78 is 5.63. The summed E-state index contributed by atoms with van der Waals surface area (Å²) in [5.74, 6) is 0.650. The van der Waals surface area contributed by atoms with Crippen molar-refractivity contribution in [3.8, 4) is 0 Å². The number of hydrogen-bond acceptors (Lipinski definition) is 5. The van der Waals surface area contributed by atoms with E-state index in [-0.39, 0.29) is 6.04 Å². The van der Waals surface area contributed by atoms with Gasteiger partial charge in [0.1, 0.15) is 0 Å². The van der Waals surface area contributed by atoms with E-state index < -0.39 is 0 Å². The van der Waals surface area contributed by atoms with Crippen molar-refractivity contribution in [1.82, 2.24) is 15.5 Å². The van der Waals surface area contributed by atoms with Gasteiger partial charge in [0, 0.05) is 6.04 Å². The van der Waals surface area contributed by atoms with Crippen LogP contribution in [0, 0.1) is 0 Å². The van der Waals surface area contributed by atoms with Crippen molar-refractivity contribution < 1.29 is 4.42 Å². The molecule has 0 saturated carbocycles. The predicted molar refractivity (Wildman–Crippen MR) is 73.6 cm³/mol. The van der Waals surface area contributed by atoms with Crippen molar-refractivity contribution in [2.75, 3.05) is 11.9 Å². The van der Waals surface area contributed by atoms with E-state index in [1.807, 2.05) is 6.92 Å². The predicted octanol–water partition coefficient (Wildman–Crippen LogP) is 3.12. The summed E-state index contributed by atoms with van der Waals surface area (Å²) in [6.07, 6.45) is 4.44. The summed E-state index contributed by atoms with van der Waals surface area (Å²) >= 11 is 0. The minimum Gasteiger partial charge on any atom is -0.406 e. The lowest BCUT2D eigenvalue weighted by Crippen LogP contribution is -2.19. The van der Waals surface area contributed by atoms with Crippen LogP contribution in [0.3, 0.4) is 0 Å². The molecule has 0 spiro atoms. The maximum atomic E-state index is 5.63. The second-order valence-corrected chi connectivity index (χ2v) is 4.66. The van der Waals surface area contributed by atoms with Gasteiger partial charge >= 0.3 is 6.01 Å². The first-order valence-corrected chi connectivity index (χ1v) is 7.04. The van der Waals surface area contributed by atoms with Crippen molar-refractivity contribution in [2.24, 2.45) is 0 Å². The summed E-state index contributed by atoms with van der Waals surface area (Å²) in [6, 6.07) is 1.07. The maximum Gasteiger partial charge on any atom is 0.315 e. The molecule has 0 fully saturated rings. The molecule has 5 heteroatoms. The van der Waals surface area contributed by atoms with Gasteiger partial charge in [-0.05, 0) is 32.7 Å². The Labute approximate surface area is 110 Å². The van der Waals surface area contributed by atoms with Crippen molar-refractivity contribution in [3.63, 3.8) is 0 Å². The Balaban J connectivity index is 2.51. The van der Waals surface area contributed by atoms with Gasteiger partial charge in [0.15, 0.2) is 0 Å². The zero-order chi connectivity index (χ0) is 13.4. The number of rotatable bonds is 9. The summed E-state index contributed by atoms with van der Waals surface area (Å²) in [5, 5.41) is 14.7. The van der Waals surface area contributed by atoms with E-state index in [2.05, 4.69) is 41.6 Å². The smallest absolute Gasteiger partial charge is 0.315 e. The van der Waals surface area contributed by atoms with E-state index in [9.17, 15) is 0 Å². The second kappa shape index (κ2) is 8.08. The van der Waals surface area contributed by atoms with Crippen LogP contribution in [0.25, 0.3) is 0 Å². The van der Waals surface area contributed by atoms with E-state index in [0.717, 1.165) is 32.2 Å². The number of hydrogen-bond donors (Lipinski definition) is 2. The lowest BCUT2D eigenvalue weighted by Gasteiger charge is -2.13. The molecule has 1 heterocycles. The third-order valence-electron chi connectivity index (χ3n) is 2.97. The number of aromatic nitrogens is 2. The van der Waals surface area contributed by atoms with Gasteiger partial charge in [0.2, 0.25) is 5.89 Å². The molecule has 18 heavy (non-hydrogen) atoms. The Morgan fingerprint density at radius 1 is 1.17 bits per heavy atom. The van der Waals surface area contributed by atoms with E-state index in [0.29, 0.717) is 17.9 Å². The van der Waals surface area contributed by atoms with Crippen LogP contribution in [0.5, 0.6) is 0 Å². The van der Waals surface area contributed by atoms with E-state index in [1.165, 1.54) is 0 Å². The van der Waals surface area contributed by atoms with E-state index in [4.69, 9.17) is 4.42 Å². The quantitative estimate of drug-likeness (QED) is 0.709. The van der Waals surface area contributed by atoms with Gasteiger partial charge in [0.25, 0.3) is 0 Å². The molecular formula is C13H26N4O. The molecule has 0 aliphatic rings. The van der Waals surface area contributed by atoms with Gasteiger partial charge in [-0.3, -0.25) is 0 Å². The Morgan fingerprint density at radius 2 is 1.94 bits per heavy atom. The summed E-state index contributed by atoms with van der Waals surface area (Å²) in [5.41, 5.74) is 0. The standard InChI is InChI=1S/C13H26N4O/c1-5-8-11(7-3)15-13-17-16-12(18-13)10(4)14-9-6-2/h10-11,14H,5-9H2,1-4H3,(H,15,17). The summed E-state index contributed by atoms with van der Waals surface area (Å²) in [6.45, 7) is 9.48. The zero-order valence-corrected chi connectivity index (χ0v) is 12.0. The molecular weight excluding hydrogens is 228 g/mol. The van der Waals surface area contributed by atoms with Crippen LogP contribution in [0.15, 0.2) is 4.42 Å². The zero-order valence-electron chi connectivity index (χ0n) is 12.0. The average molecular weight is 254 g/mol. The van der Waals surface area contributed by atoms with E-state index in [1.54, 1.807) is 0 Å². The third-order valence-corrected chi connectivity index (χ3v) is 2.97. The molecule has 104 valence electrons. The molecule has 0 saturated heterocycles. The molecule has 1 aromatic rings. The highest BCUT2D eigenvalue weighted by Crippen LogP contribution is 2.16. The van der Waals surface area contributed by atoms with Crippen LogP contribution >= 0.6 is 0 Å². The van der Waals surface area contributed by atoms with Gasteiger partial charge in [-0.2, -0.15) is 0 Å². The highest BCUT2D eigenvalue weighted by Gasteiger charge is 2.14. The molecule has 0 radical (unpaired) electrons. The number of nitrogens with one attached hydrogen (secondary N) is 2. The fraction of sp³-hybridized carbons (Fsp3) is 0.846. The maximum absolute atomic E-state index is 5.63. The van der Waals surface area contributed by atoms with Crippen LogP contribution in [-0.4, -0.2) is 22.8 Å². The fourth-order valence-corrected chi connectivity index (χ4v) is 1.82. The second-order valence-electron chi connectivity index (χ2n) is 4.66. The number of nitrogens with zero attached hydrogens (tertiary/aromatic N) is 2. The molecule has 0 amide bonds. The minimum absolute atomic E-state index is 0.110.